The first-order valence-corrected chi connectivity index (χ1v) is 10.7. The molecule has 1 aromatic carbocycles. The monoisotopic (exact) mass is 387 g/mol. The Morgan fingerprint density at radius 1 is 1.04 bits per heavy atom. The van der Waals surface area contributed by atoms with Crippen molar-refractivity contribution < 1.29 is 13.2 Å². The molecule has 142 valence electrons. The molecule has 1 amide bonds. The van der Waals surface area contributed by atoms with Crippen LogP contribution in [-0.2, 0) is 16.4 Å². The number of rotatable bonds is 3. The summed E-state index contributed by atoms with van der Waals surface area (Å²) in [7, 11) is -3.20. The zero-order chi connectivity index (χ0) is 19.0. The molecule has 2 fully saturated rings. The molecule has 7 nitrogen and oxygen atoms in total. The van der Waals surface area contributed by atoms with Gasteiger partial charge in [0.25, 0.3) is 5.91 Å². The number of fused-ring (bicyclic) bond motifs is 1. The van der Waals surface area contributed by atoms with E-state index in [-0.39, 0.29) is 35.1 Å². The van der Waals surface area contributed by atoms with Gasteiger partial charge in [0, 0.05) is 37.9 Å². The van der Waals surface area contributed by atoms with Crippen LogP contribution >= 0.6 is 0 Å². The third kappa shape index (κ3) is 3.68. The van der Waals surface area contributed by atoms with Crippen molar-refractivity contribution in [2.24, 2.45) is 0 Å². The van der Waals surface area contributed by atoms with Crippen LogP contribution in [0, 0.1) is 0 Å². The first kappa shape index (κ1) is 17.9. The molecule has 4 rings (SSSR count). The van der Waals surface area contributed by atoms with Crippen molar-refractivity contribution in [2.45, 2.75) is 18.6 Å². The van der Waals surface area contributed by atoms with Crippen LogP contribution in [-0.4, -0.2) is 65.8 Å². The average Bonchev–Trinajstić information content (AvgIpc) is 2.98. The number of carbonyl (C=O) groups is 1. The van der Waals surface area contributed by atoms with Crippen molar-refractivity contribution in [1.82, 2.24) is 14.8 Å². The molecule has 3 heterocycles. The highest BCUT2D eigenvalue weighted by atomic mass is 32.2. The predicted octanol–water partition coefficient (Wildman–Crippen LogP) is 0.499. The summed E-state index contributed by atoms with van der Waals surface area (Å²) in [6, 6.07) is 12.1. The number of benzene rings is 1. The minimum Gasteiger partial charge on any atom is -0.332 e. The molecule has 0 bridgehead atoms. The van der Waals surface area contributed by atoms with Crippen molar-refractivity contribution in [3.63, 3.8) is 0 Å². The number of pyridine rings is 1. The molecule has 0 saturated carbocycles. The normalized spacial score (nSPS) is 24.5. The Hall–Kier alpha value is -2.45. The molecular formula is C19H21N3O4S. The fraction of sp³-hybridized carbons (Fsp3) is 0.368. The Balaban J connectivity index is 1.59. The van der Waals surface area contributed by atoms with Crippen molar-refractivity contribution in [2.75, 3.05) is 24.6 Å². The van der Waals surface area contributed by atoms with E-state index in [1.54, 1.807) is 4.90 Å². The molecule has 8 heteroatoms. The van der Waals surface area contributed by atoms with Crippen molar-refractivity contribution in [1.29, 1.82) is 0 Å². The highest BCUT2D eigenvalue weighted by Crippen LogP contribution is 2.29. The van der Waals surface area contributed by atoms with Crippen molar-refractivity contribution in [3.8, 4) is 0 Å². The van der Waals surface area contributed by atoms with Crippen LogP contribution in [0.15, 0.2) is 53.5 Å². The molecule has 0 unspecified atom stereocenters. The highest BCUT2D eigenvalue weighted by Gasteiger charge is 2.48. The van der Waals surface area contributed by atoms with Gasteiger partial charge in [0.1, 0.15) is 0 Å². The van der Waals surface area contributed by atoms with Gasteiger partial charge in [0.2, 0.25) is 5.56 Å². The number of piperazine rings is 1. The van der Waals surface area contributed by atoms with Gasteiger partial charge in [-0.15, -0.1) is 0 Å². The molecule has 2 aliphatic heterocycles. The average molecular weight is 387 g/mol. The van der Waals surface area contributed by atoms with E-state index in [1.807, 2.05) is 30.3 Å². The summed E-state index contributed by atoms with van der Waals surface area (Å²) in [4.78, 5) is 30.5. The Kier molecular flexibility index (Phi) is 4.61. The van der Waals surface area contributed by atoms with E-state index in [0.717, 1.165) is 5.56 Å². The number of nitrogens with one attached hydrogen (secondary N) is 1. The van der Waals surface area contributed by atoms with Gasteiger partial charge in [-0.3, -0.25) is 14.5 Å². The summed E-state index contributed by atoms with van der Waals surface area (Å²) in [6.07, 6.45) is 1.39. The Morgan fingerprint density at radius 2 is 1.78 bits per heavy atom. The van der Waals surface area contributed by atoms with Gasteiger partial charge in [-0.2, -0.15) is 0 Å². The Bertz CT molecular complexity index is 983. The smallest absolute Gasteiger partial charge is 0.255 e. The predicted molar refractivity (Wildman–Crippen MR) is 101 cm³/mol. The maximum Gasteiger partial charge on any atom is 0.255 e. The van der Waals surface area contributed by atoms with E-state index >= 15 is 0 Å². The lowest BCUT2D eigenvalue weighted by Crippen LogP contribution is -2.60. The molecule has 27 heavy (non-hydrogen) atoms. The van der Waals surface area contributed by atoms with Crippen LogP contribution in [0.3, 0.4) is 0 Å². The lowest BCUT2D eigenvalue weighted by Gasteiger charge is -2.44. The van der Waals surface area contributed by atoms with Gasteiger partial charge in [0.05, 0.1) is 23.1 Å². The number of hydrogen-bond acceptors (Lipinski definition) is 5. The number of nitrogens with zero attached hydrogens (tertiary/aromatic N) is 2. The summed E-state index contributed by atoms with van der Waals surface area (Å²) in [5.41, 5.74) is 1.22. The Labute approximate surface area is 157 Å². The third-order valence-electron chi connectivity index (χ3n) is 5.31. The molecule has 2 aromatic rings. The second kappa shape index (κ2) is 6.94. The molecule has 1 aromatic heterocycles. The maximum absolute atomic E-state index is 12.9. The number of hydrogen-bond donors (Lipinski definition) is 1. The first-order chi connectivity index (χ1) is 12.9. The number of carbonyl (C=O) groups excluding carboxylic acids is 1. The molecule has 0 aliphatic carbocycles. The third-order valence-corrected chi connectivity index (χ3v) is 7.01. The summed E-state index contributed by atoms with van der Waals surface area (Å²) in [5.74, 6) is -0.185. The SMILES string of the molecule is O=C(c1ccc(=O)[nH]c1)N1CCN(Cc2ccccc2)[C@@H]2CS(=O)(=O)C[C@@H]21. The second-order valence-electron chi connectivity index (χ2n) is 7.11. The van der Waals surface area contributed by atoms with E-state index in [2.05, 4.69) is 9.88 Å². The van der Waals surface area contributed by atoms with Crippen LogP contribution in [0.5, 0.6) is 0 Å². The van der Waals surface area contributed by atoms with E-state index in [9.17, 15) is 18.0 Å². The van der Waals surface area contributed by atoms with Crippen LogP contribution < -0.4 is 5.56 Å². The van der Waals surface area contributed by atoms with Crippen LogP contribution in [0.1, 0.15) is 15.9 Å². The summed E-state index contributed by atoms with van der Waals surface area (Å²) < 4.78 is 24.7. The fourth-order valence-electron chi connectivity index (χ4n) is 4.00. The largest absolute Gasteiger partial charge is 0.332 e. The topological polar surface area (TPSA) is 90.6 Å². The van der Waals surface area contributed by atoms with E-state index in [1.165, 1.54) is 18.3 Å². The quantitative estimate of drug-likeness (QED) is 0.828. The van der Waals surface area contributed by atoms with E-state index in [0.29, 0.717) is 25.2 Å². The number of H-pyrrole nitrogens is 1. The van der Waals surface area contributed by atoms with Gasteiger partial charge in [0.15, 0.2) is 9.84 Å². The first-order valence-electron chi connectivity index (χ1n) is 8.91. The number of amides is 1. The van der Waals surface area contributed by atoms with Gasteiger partial charge < -0.3 is 9.88 Å². The maximum atomic E-state index is 12.9. The van der Waals surface area contributed by atoms with Gasteiger partial charge in [-0.1, -0.05) is 30.3 Å². The molecule has 2 saturated heterocycles. The van der Waals surface area contributed by atoms with Crippen molar-refractivity contribution in [3.05, 3.63) is 70.1 Å². The lowest BCUT2D eigenvalue weighted by molar-refractivity contribution is 0.0306. The lowest BCUT2D eigenvalue weighted by atomic mass is 10.0. The molecular weight excluding hydrogens is 366 g/mol. The van der Waals surface area contributed by atoms with Crippen LogP contribution in [0.4, 0.5) is 0 Å². The van der Waals surface area contributed by atoms with Crippen molar-refractivity contribution >= 4 is 15.7 Å². The molecule has 2 aliphatic rings. The van der Waals surface area contributed by atoms with E-state index < -0.39 is 9.84 Å². The van der Waals surface area contributed by atoms with Crippen LogP contribution in [0.2, 0.25) is 0 Å². The van der Waals surface area contributed by atoms with Gasteiger partial charge in [-0.05, 0) is 11.6 Å². The standard InChI is InChI=1S/C19H21N3O4S/c23-18-7-6-15(10-20-18)19(24)22-9-8-21(11-14-4-2-1-3-5-14)16-12-27(25,26)13-17(16)22/h1-7,10,16-17H,8-9,11-13H2,(H,20,23)/t16-,17+/m1/s1. The summed E-state index contributed by atoms with van der Waals surface area (Å²) >= 11 is 0. The van der Waals surface area contributed by atoms with Gasteiger partial charge in [-0.25, -0.2) is 8.42 Å². The summed E-state index contributed by atoms with van der Waals surface area (Å²) in [6.45, 7) is 1.74. The number of aromatic amines is 1. The second-order valence-corrected chi connectivity index (χ2v) is 9.26. The summed E-state index contributed by atoms with van der Waals surface area (Å²) in [5, 5.41) is 0. The zero-order valence-electron chi connectivity index (χ0n) is 14.7. The minimum atomic E-state index is -3.20. The van der Waals surface area contributed by atoms with E-state index in [4.69, 9.17) is 0 Å². The zero-order valence-corrected chi connectivity index (χ0v) is 15.6. The molecule has 0 radical (unpaired) electrons. The number of sulfone groups is 1. The molecule has 1 N–H and O–H groups in total. The molecule has 0 spiro atoms. The minimum absolute atomic E-state index is 0.0158. The fourth-order valence-corrected chi connectivity index (χ4v) is 6.01. The highest BCUT2D eigenvalue weighted by molar-refractivity contribution is 7.91. The Morgan fingerprint density at radius 3 is 2.48 bits per heavy atom. The molecule has 2 atom stereocenters. The van der Waals surface area contributed by atoms with Gasteiger partial charge >= 0.3 is 0 Å². The number of aromatic nitrogens is 1. The van der Waals surface area contributed by atoms with Crippen LogP contribution in [0.25, 0.3) is 0 Å².